The lowest BCUT2D eigenvalue weighted by Gasteiger charge is -2.15. The van der Waals surface area contributed by atoms with Gasteiger partial charge in [0, 0.05) is 18.0 Å². The number of thioether (sulfide) groups is 1. The van der Waals surface area contributed by atoms with Crippen LogP contribution >= 0.6 is 11.8 Å². The molecule has 2 N–H and O–H groups in total. The van der Waals surface area contributed by atoms with Crippen LogP contribution in [0, 0.1) is 0 Å². The topological polar surface area (TPSA) is 83.6 Å². The van der Waals surface area contributed by atoms with E-state index in [9.17, 15) is 18.0 Å². The predicted octanol–water partition coefficient (Wildman–Crippen LogP) is 4.00. The summed E-state index contributed by atoms with van der Waals surface area (Å²) in [6.45, 7) is 1.57. The Morgan fingerprint density at radius 2 is 1.89 bits per heavy atom. The number of aromatic amines is 1. The molecule has 0 aliphatic rings. The normalized spacial score (nSPS) is 12.6. The van der Waals surface area contributed by atoms with E-state index in [1.807, 2.05) is 0 Å². The number of para-hydroxylation sites is 1. The highest BCUT2D eigenvalue weighted by Crippen LogP contribution is 2.35. The summed E-state index contributed by atoms with van der Waals surface area (Å²) in [5.41, 5.74) is -0.399. The fourth-order valence-electron chi connectivity index (χ4n) is 2.22. The van der Waals surface area contributed by atoms with Crippen LogP contribution in [0.5, 0.6) is 0 Å². The first-order valence-electron chi connectivity index (χ1n) is 7.81. The van der Waals surface area contributed by atoms with E-state index in [2.05, 4.69) is 25.5 Å². The third kappa shape index (κ3) is 4.64. The van der Waals surface area contributed by atoms with Crippen LogP contribution in [-0.2, 0) is 11.0 Å². The Labute approximate surface area is 156 Å². The lowest BCUT2D eigenvalue weighted by Crippen LogP contribution is -2.24. The number of H-pyrrole nitrogens is 1. The summed E-state index contributed by atoms with van der Waals surface area (Å²) in [7, 11) is 0. The van der Waals surface area contributed by atoms with Gasteiger partial charge in [0.1, 0.15) is 0 Å². The average molecular weight is 393 g/mol. The molecule has 2 heterocycles. The van der Waals surface area contributed by atoms with Crippen molar-refractivity contribution in [2.24, 2.45) is 0 Å². The molecule has 3 aromatic rings. The number of carbonyl (C=O) groups is 1. The van der Waals surface area contributed by atoms with E-state index in [0.717, 1.165) is 23.4 Å². The van der Waals surface area contributed by atoms with Crippen molar-refractivity contribution in [3.05, 3.63) is 54.4 Å². The van der Waals surface area contributed by atoms with E-state index in [1.165, 1.54) is 18.2 Å². The third-order valence-electron chi connectivity index (χ3n) is 3.56. The van der Waals surface area contributed by atoms with Gasteiger partial charge >= 0.3 is 6.18 Å². The number of pyridine rings is 1. The summed E-state index contributed by atoms with van der Waals surface area (Å²) in [6.07, 6.45) is -1.33. The Hall–Kier alpha value is -2.88. The Morgan fingerprint density at radius 1 is 1.19 bits per heavy atom. The summed E-state index contributed by atoms with van der Waals surface area (Å²) in [5, 5.41) is 8.71. The number of halogens is 3. The van der Waals surface area contributed by atoms with Gasteiger partial charge in [0.25, 0.3) is 0 Å². The molecule has 1 aromatic carbocycles. The molecule has 0 saturated carbocycles. The SMILES string of the molecule is C[C@@H](Sc1n[nH]c(-c2ccncc2)n1)C(=O)Nc1ccccc1C(F)(F)F. The number of hydrogen-bond acceptors (Lipinski definition) is 5. The highest BCUT2D eigenvalue weighted by molar-refractivity contribution is 8.00. The summed E-state index contributed by atoms with van der Waals surface area (Å²) >= 11 is 1.04. The molecule has 0 radical (unpaired) electrons. The Bertz CT molecular complexity index is 930. The van der Waals surface area contributed by atoms with Crippen molar-refractivity contribution < 1.29 is 18.0 Å². The minimum atomic E-state index is -4.55. The Morgan fingerprint density at radius 3 is 2.59 bits per heavy atom. The molecule has 2 aromatic heterocycles. The first-order valence-corrected chi connectivity index (χ1v) is 8.69. The molecule has 1 amide bonds. The summed E-state index contributed by atoms with van der Waals surface area (Å²) < 4.78 is 39.1. The van der Waals surface area contributed by atoms with Gasteiger partial charge in [-0.15, -0.1) is 5.10 Å². The van der Waals surface area contributed by atoms with E-state index in [-0.39, 0.29) is 5.69 Å². The smallest absolute Gasteiger partial charge is 0.325 e. The standard InChI is InChI=1S/C17H14F3N5OS/c1-10(15(26)22-13-5-3-2-4-12(13)17(18,19)20)27-16-23-14(24-25-16)11-6-8-21-9-7-11/h2-10H,1H3,(H,22,26)(H,23,24,25)/t10-/m1/s1. The molecule has 10 heteroatoms. The van der Waals surface area contributed by atoms with E-state index in [4.69, 9.17) is 0 Å². The van der Waals surface area contributed by atoms with Gasteiger partial charge in [0.15, 0.2) is 5.82 Å². The van der Waals surface area contributed by atoms with Crippen LogP contribution < -0.4 is 5.32 Å². The minimum Gasteiger partial charge on any atom is -0.325 e. The van der Waals surface area contributed by atoms with Gasteiger partial charge in [-0.3, -0.25) is 14.9 Å². The van der Waals surface area contributed by atoms with Gasteiger partial charge in [-0.25, -0.2) is 4.98 Å². The van der Waals surface area contributed by atoms with Crippen LogP contribution in [0.4, 0.5) is 18.9 Å². The zero-order valence-electron chi connectivity index (χ0n) is 14.0. The molecule has 1 atom stereocenters. The van der Waals surface area contributed by atoms with Gasteiger partial charge < -0.3 is 5.32 Å². The Kier molecular flexibility index (Phi) is 5.45. The average Bonchev–Trinajstić information content (AvgIpc) is 3.10. The largest absolute Gasteiger partial charge is 0.418 e. The maximum Gasteiger partial charge on any atom is 0.418 e. The number of nitrogens with zero attached hydrogens (tertiary/aromatic N) is 3. The van der Waals surface area contributed by atoms with Crippen molar-refractivity contribution in [3.8, 4) is 11.4 Å². The van der Waals surface area contributed by atoms with Gasteiger partial charge in [-0.05, 0) is 31.2 Å². The van der Waals surface area contributed by atoms with Gasteiger partial charge in [0.05, 0.1) is 16.5 Å². The van der Waals surface area contributed by atoms with Crippen molar-refractivity contribution in [1.82, 2.24) is 20.2 Å². The number of amides is 1. The molecule has 3 rings (SSSR count). The highest BCUT2D eigenvalue weighted by Gasteiger charge is 2.34. The molecular formula is C17H14F3N5OS. The second kappa shape index (κ2) is 7.78. The van der Waals surface area contributed by atoms with Crippen molar-refractivity contribution in [2.45, 2.75) is 23.5 Å². The second-order valence-electron chi connectivity index (χ2n) is 5.50. The maximum absolute atomic E-state index is 13.0. The van der Waals surface area contributed by atoms with Gasteiger partial charge in [0.2, 0.25) is 11.1 Å². The minimum absolute atomic E-state index is 0.282. The number of nitrogens with one attached hydrogen (secondary N) is 2. The zero-order chi connectivity index (χ0) is 19.4. The molecule has 140 valence electrons. The zero-order valence-corrected chi connectivity index (χ0v) is 14.8. The number of hydrogen-bond donors (Lipinski definition) is 2. The second-order valence-corrected chi connectivity index (χ2v) is 6.80. The molecule has 0 fully saturated rings. The van der Waals surface area contributed by atoms with Crippen LogP contribution in [0.25, 0.3) is 11.4 Å². The van der Waals surface area contributed by atoms with Crippen molar-refractivity contribution in [1.29, 1.82) is 0 Å². The summed E-state index contributed by atoms with van der Waals surface area (Å²) in [4.78, 5) is 20.5. The number of benzene rings is 1. The van der Waals surface area contributed by atoms with Crippen molar-refractivity contribution in [3.63, 3.8) is 0 Å². The third-order valence-corrected chi connectivity index (χ3v) is 4.52. The number of carbonyl (C=O) groups excluding carboxylic acids is 1. The molecule has 0 bridgehead atoms. The van der Waals surface area contributed by atoms with E-state index < -0.39 is 22.9 Å². The predicted molar refractivity (Wildman–Crippen MR) is 95.0 cm³/mol. The highest BCUT2D eigenvalue weighted by atomic mass is 32.2. The number of anilines is 1. The Balaban J connectivity index is 1.68. The fraction of sp³-hybridized carbons (Fsp3) is 0.176. The van der Waals surface area contributed by atoms with Crippen LogP contribution in [0.15, 0.2) is 53.9 Å². The molecule has 0 saturated heterocycles. The van der Waals surface area contributed by atoms with Crippen LogP contribution in [0.3, 0.4) is 0 Å². The molecular weight excluding hydrogens is 379 g/mol. The van der Waals surface area contributed by atoms with Crippen molar-refractivity contribution >= 4 is 23.4 Å². The number of aromatic nitrogens is 4. The van der Waals surface area contributed by atoms with Crippen LogP contribution in [0.2, 0.25) is 0 Å². The van der Waals surface area contributed by atoms with E-state index in [1.54, 1.807) is 31.5 Å². The monoisotopic (exact) mass is 393 g/mol. The first kappa shape index (κ1) is 18.9. The van der Waals surface area contributed by atoms with Crippen molar-refractivity contribution in [2.75, 3.05) is 5.32 Å². The maximum atomic E-state index is 13.0. The number of alkyl halides is 3. The van der Waals surface area contributed by atoms with Crippen LogP contribution in [-0.4, -0.2) is 31.3 Å². The lowest BCUT2D eigenvalue weighted by atomic mass is 10.1. The molecule has 0 aliphatic carbocycles. The lowest BCUT2D eigenvalue weighted by molar-refractivity contribution is -0.137. The van der Waals surface area contributed by atoms with E-state index in [0.29, 0.717) is 11.0 Å². The molecule has 0 aliphatic heterocycles. The summed E-state index contributed by atoms with van der Waals surface area (Å²) in [5.74, 6) is -0.0677. The number of rotatable bonds is 5. The molecule has 27 heavy (non-hydrogen) atoms. The van der Waals surface area contributed by atoms with Gasteiger partial charge in [-0.1, -0.05) is 23.9 Å². The fourth-order valence-corrected chi connectivity index (χ4v) is 2.95. The van der Waals surface area contributed by atoms with Crippen LogP contribution in [0.1, 0.15) is 12.5 Å². The van der Waals surface area contributed by atoms with Gasteiger partial charge in [-0.2, -0.15) is 13.2 Å². The first-order chi connectivity index (χ1) is 12.8. The summed E-state index contributed by atoms with van der Waals surface area (Å²) in [6, 6.07) is 8.33. The quantitative estimate of drug-likeness (QED) is 0.640. The molecule has 0 spiro atoms. The molecule has 6 nitrogen and oxygen atoms in total. The molecule has 0 unspecified atom stereocenters. The van der Waals surface area contributed by atoms with E-state index >= 15 is 0 Å².